The SMILES string of the molecule is C[C@@H](O)[C@H](N)c1cc(F)cc(Cl)c1. The Hall–Kier alpha value is -0.640. The molecule has 13 heavy (non-hydrogen) atoms. The van der Waals surface area contributed by atoms with Crippen LogP contribution < -0.4 is 5.73 Å². The van der Waals surface area contributed by atoms with Crippen LogP contribution in [-0.2, 0) is 0 Å². The topological polar surface area (TPSA) is 46.2 Å². The van der Waals surface area contributed by atoms with Crippen LogP contribution >= 0.6 is 11.6 Å². The van der Waals surface area contributed by atoms with Crippen LogP contribution in [0.1, 0.15) is 18.5 Å². The second-order valence-electron chi connectivity index (χ2n) is 2.97. The molecule has 0 aliphatic rings. The van der Waals surface area contributed by atoms with Gasteiger partial charge in [-0.15, -0.1) is 0 Å². The summed E-state index contributed by atoms with van der Waals surface area (Å²) in [4.78, 5) is 0. The Morgan fingerprint density at radius 1 is 1.46 bits per heavy atom. The van der Waals surface area contributed by atoms with Gasteiger partial charge in [-0.1, -0.05) is 11.6 Å². The second kappa shape index (κ2) is 4.05. The molecule has 72 valence electrons. The van der Waals surface area contributed by atoms with Gasteiger partial charge in [-0.05, 0) is 30.7 Å². The van der Waals surface area contributed by atoms with Crippen molar-refractivity contribution in [2.45, 2.75) is 19.1 Å². The van der Waals surface area contributed by atoms with Gasteiger partial charge in [0.1, 0.15) is 5.82 Å². The largest absolute Gasteiger partial charge is 0.391 e. The zero-order chi connectivity index (χ0) is 10.0. The molecule has 2 atom stereocenters. The molecular formula is C9H11ClFNO. The van der Waals surface area contributed by atoms with Gasteiger partial charge in [-0.3, -0.25) is 0 Å². The highest BCUT2D eigenvalue weighted by Crippen LogP contribution is 2.20. The van der Waals surface area contributed by atoms with E-state index in [1.165, 1.54) is 12.1 Å². The lowest BCUT2D eigenvalue weighted by Crippen LogP contribution is -2.23. The molecule has 0 heterocycles. The van der Waals surface area contributed by atoms with E-state index in [0.29, 0.717) is 5.56 Å². The maximum atomic E-state index is 12.8. The van der Waals surface area contributed by atoms with Crippen LogP contribution in [-0.4, -0.2) is 11.2 Å². The number of rotatable bonds is 2. The average molecular weight is 204 g/mol. The van der Waals surface area contributed by atoms with Crippen LogP contribution in [0.2, 0.25) is 5.02 Å². The third kappa shape index (κ3) is 2.66. The first-order valence-electron chi connectivity index (χ1n) is 3.90. The third-order valence-electron chi connectivity index (χ3n) is 1.79. The molecule has 0 bridgehead atoms. The van der Waals surface area contributed by atoms with Gasteiger partial charge in [-0.2, -0.15) is 0 Å². The normalized spacial score (nSPS) is 15.5. The molecule has 0 radical (unpaired) electrons. The van der Waals surface area contributed by atoms with Crippen molar-refractivity contribution < 1.29 is 9.50 Å². The van der Waals surface area contributed by atoms with Crippen LogP contribution in [0.3, 0.4) is 0 Å². The van der Waals surface area contributed by atoms with Gasteiger partial charge in [0.25, 0.3) is 0 Å². The summed E-state index contributed by atoms with van der Waals surface area (Å²) < 4.78 is 12.8. The first kappa shape index (κ1) is 10.4. The number of hydrogen-bond acceptors (Lipinski definition) is 2. The number of hydrogen-bond donors (Lipinski definition) is 2. The molecule has 0 saturated carbocycles. The zero-order valence-corrected chi connectivity index (χ0v) is 7.92. The summed E-state index contributed by atoms with van der Waals surface area (Å²) in [5.74, 6) is -0.446. The summed E-state index contributed by atoms with van der Waals surface area (Å²) >= 11 is 5.62. The van der Waals surface area contributed by atoms with E-state index < -0.39 is 18.0 Å². The highest BCUT2D eigenvalue weighted by molar-refractivity contribution is 6.30. The quantitative estimate of drug-likeness (QED) is 0.771. The Morgan fingerprint density at radius 2 is 2.08 bits per heavy atom. The monoisotopic (exact) mass is 203 g/mol. The van der Waals surface area contributed by atoms with Crippen LogP contribution in [0.4, 0.5) is 4.39 Å². The van der Waals surface area contributed by atoms with Gasteiger partial charge in [-0.25, -0.2) is 4.39 Å². The minimum absolute atomic E-state index is 0.283. The number of aliphatic hydroxyl groups is 1. The fraction of sp³-hybridized carbons (Fsp3) is 0.333. The van der Waals surface area contributed by atoms with E-state index in [1.807, 2.05) is 0 Å². The van der Waals surface area contributed by atoms with Gasteiger partial charge in [0.2, 0.25) is 0 Å². The van der Waals surface area contributed by atoms with E-state index in [0.717, 1.165) is 0 Å². The van der Waals surface area contributed by atoms with Crippen molar-refractivity contribution in [3.05, 3.63) is 34.6 Å². The van der Waals surface area contributed by atoms with E-state index in [2.05, 4.69) is 0 Å². The predicted octanol–water partition coefficient (Wildman–Crippen LogP) is 1.86. The Morgan fingerprint density at radius 3 is 2.54 bits per heavy atom. The van der Waals surface area contributed by atoms with Crippen LogP contribution in [0, 0.1) is 5.82 Å². The molecule has 0 aliphatic heterocycles. The molecule has 0 amide bonds. The molecule has 0 fully saturated rings. The first-order chi connectivity index (χ1) is 6.00. The minimum Gasteiger partial charge on any atom is -0.391 e. The van der Waals surface area contributed by atoms with Gasteiger partial charge >= 0.3 is 0 Å². The van der Waals surface area contributed by atoms with E-state index in [1.54, 1.807) is 13.0 Å². The summed E-state index contributed by atoms with van der Waals surface area (Å²) in [6, 6.07) is 3.40. The molecule has 3 N–H and O–H groups in total. The van der Waals surface area contributed by atoms with Gasteiger partial charge in [0.05, 0.1) is 12.1 Å². The van der Waals surface area contributed by atoms with E-state index in [-0.39, 0.29) is 5.02 Å². The van der Waals surface area contributed by atoms with E-state index in [9.17, 15) is 4.39 Å². The summed E-state index contributed by atoms with van der Waals surface area (Å²) in [6.07, 6.45) is -0.724. The van der Waals surface area contributed by atoms with Gasteiger partial charge < -0.3 is 10.8 Å². The highest BCUT2D eigenvalue weighted by atomic mass is 35.5. The van der Waals surface area contributed by atoms with Gasteiger partial charge in [0, 0.05) is 5.02 Å². The van der Waals surface area contributed by atoms with Crippen molar-refractivity contribution in [3.8, 4) is 0 Å². The molecular weight excluding hydrogens is 193 g/mol. The van der Waals surface area contributed by atoms with Crippen molar-refractivity contribution in [1.29, 1.82) is 0 Å². The third-order valence-corrected chi connectivity index (χ3v) is 2.01. The Kier molecular flexibility index (Phi) is 3.25. The lowest BCUT2D eigenvalue weighted by molar-refractivity contribution is 0.164. The minimum atomic E-state index is -0.724. The number of benzene rings is 1. The Labute approximate surface area is 81.1 Å². The van der Waals surface area contributed by atoms with Crippen LogP contribution in [0.15, 0.2) is 18.2 Å². The summed E-state index contributed by atoms with van der Waals surface area (Å²) in [5.41, 5.74) is 6.10. The molecule has 0 spiro atoms. The fourth-order valence-electron chi connectivity index (χ4n) is 1.05. The maximum Gasteiger partial charge on any atom is 0.125 e. The van der Waals surface area contributed by atoms with Crippen molar-refractivity contribution in [1.82, 2.24) is 0 Å². The predicted molar refractivity (Wildman–Crippen MR) is 50.0 cm³/mol. The second-order valence-corrected chi connectivity index (χ2v) is 3.41. The van der Waals surface area contributed by atoms with Crippen LogP contribution in [0.5, 0.6) is 0 Å². The van der Waals surface area contributed by atoms with Crippen molar-refractivity contribution in [2.75, 3.05) is 0 Å². The molecule has 1 aromatic rings. The Bertz CT molecular complexity index is 283. The Balaban J connectivity index is 3.01. The van der Waals surface area contributed by atoms with E-state index in [4.69, 9.17) is 22.4 Å². The maximum absolute atomic E-state index is 12.8. The summed E-state index contributed by atoms with van der Waals surface area (Å²) in [7, 11) is 0. The first-order valence-corrected chi connectivity index (χ1v) is 4.28. The molecule has 1 rings (SSSR count). The molecule has 0 saturated heterocycles. The summed E-state index contributed by atoms with van der Waals surface area (Å²) in [5, 5.41) is 9.45. The number of nitrogens with two attached hydrogens (primary N) is 1. The number of halogens is 2. The molecule has 0 unspecified atom stereocenters. The zero-order valence-electron chi connectivity index (χ0n) is 7.17. The molecule has 2 nitrogen and oxygen atoms in total. The number of aliphatic hydroxyl groups excluding tert-OH is 1. The smallest absolute Gasteiger partial charge is 0.125 e. The van der Waals surface area contributed by atoms with Crippen LogP contribution in [0.25, 0.3) is 0 Å². The van der Waals surface area contributed by atoms with E-state index >= 15 is 0 Å². The molecule has 0 aromatic heterocycles. The standard InChI is InChI=1S/C9H11ClFNO/c1-5(13)9(12)6-2-7(10)4-8(11)3-6/h2-5,9,13H,12H2,1H3/t5-,9+/m1/s1. The van der Waals surface area contributed by atoms with Crippen molar-refractivity contribution in [3.63, 3.8) is 0 Å². The van der Waals surface area contributed by atoms with Gasteiger partial charge in [0.15, 0.2) is 0 Å². The lowest BCUT2D eigenvalue weighted by atomic mass is 10.0. The fourth-order valence-corrected chi connectivity index (χ4v) is 1.28. The molecule has 4 heteroatoms. The highest BCUT2D eigenvalue weighted by Gasteiger charge is 2.13. The van der Waals surface area contributed by atoms with Crippen molar-refractivity contribution in [2.24, 2.45) is 5.73 Å². The molecule has 0 aliphatic carbocycles. The summed E-state index contributed by atoms with van der Waals surface area (Å²) in [6.45, 7) is 1.55. The van der Waals surface area contributed by atoms with Crippen molar-refractivity contribution >= 4 is 11.6 Å². The average Bonchev–Trinajstić information content (AvgIpc) is 2.01. The lowest BCUT2D eigenvalue weighted by Gasteiger charge is -2.15. The molecule has 1 aromatic carbocycles.